The summed E-state index contributed by atoms with van der Waals surface area (Å²) in [5.41, 5.74) is 3.55. The molecule has 1 aromatic carbocycles. The summed E-state index contributed by atoms with van der Waals surface area (Å²) in [6.45, 7) is 3.65. The van der Waals surface area contributed by atoms with E-state index in [2.05, 4.69) is 10.5 Å². The molecule has 3 nitrogen and oxygen atoms in total. The van der Waals surface area contributed by atoms with Crippen molar-refractivity contribution in [1.82, 2.24) is 5.43 Å². The van der Waals surface area contributed by atoms with E-state index in [1.54, 1.807) is 12.3 Å². The molecule has 0 bridgehead atoms. The molecule has 16 heavy (non-hydrogen) atoms. The molecule has 1 amide bonds. The molecule has 0 unspecified atom stereocenters. The predicted octanol–water partition coefficient (Wildman–Crippen LogP) is 2.46. The third-order valence-corrected chi connectivity index (χ3v) is 1.95. The number of rotatable bonds is 4. The number of benzene rings is 1. The van der Waals surface area contributed by atoms with Crippen molar-refractivity contribution in [3.8, 4) is 0 Å². The molecule has 0 radical (unpaired) electrons. The van der Waals surface area contributed by atoms with Crippen molar-refractivity contribution < 1.29 is 4.79 Å². The summed E-state index contributed by atoms with van der Waals surface area (Å²) >= 11 is 0. The van der Waals surface area contributed by atoms with Gasteiger partial charge in [0, 0.05) is 12.1 Å². The molecular weight excluding hydrogens is 200 g/mol. The molecule has 0 fully saturated rings. The number of carbonyl (C=O) groups excluding carboxylic acids is 1. The van der Waals surface area contributed by atoms with Gasteiger partial charge in [-0.2, -0.15) is 5.10 Å². The molecule has 0 spiro atoms. The molecule has 0 aliphatic carbocycles. The van der Waals surface area contributed by atoms with E-state index in [1.807, 2.05) is 50.3 Å². The maximum absolute atomic E-state index is 11.1. The van der Waals surface area contributed by atoms with Crippen molar-refractivity contribution in [2.75, 3.05) is 0 Å². The fraction of sp³-hybridized carbons (Fsp3) is 0.231. The quantitative estimate of drug-likeness (QED) is 0.609. The van der Waals surface area contributed by atoms with Crippen LogP contribution in [0.5, 0.6) is 0 Å². The highest BCUT2D eigenvalue weighted by Crippen LogP contribution is 1.99. The zero-order chi connectivity index (χ0) is 11.8. The van der Waals surface area contributed by atoms with Gasteiger partial charge in [0.2, 0.25) is 5.91 Å². The third-order valence-electron chi connectivity index (χ3n) is 1.95. The van der Waals surface area contributed by atoms with E-state index in [0.29, 0.717) is 0 Å². The molecule has 0 saturated heterocycles. The van der Waals surface area contributed by atoms with E-state index >= 15 is 0 Å². The van der Waals surface area contributed by atoms with Gasteiger partial charge in [-0.05, 0) is 11.6 Å². The Morgan fingerprint density at radius 1 is 1.31 bits per heavy atom. The van der Waals surface area contributed by atoms with Gasteiger partial charge in [0.25, 0.3) is 0 Å². The zero-order valence-corrected chi connectivity index (χ0v) is 9.55. The molecule has 1 rings (SSSR count). The maximum Gasteiger partial charge on any atom is 0.242 e. The van der Waals surface area contributed by atoms with Crippen LogP contribution in [-0.4, -0.2) is 12.1 Å². The Morgan fingerprint density at radius 2 is 2.00 bits per heavy atom. The molecular formula is C13H16N2O. The molecule has 0 heterocycles. The van der Waals surface area contributed by atoms with Crippen molar-refractivity contribution in [2.24, 2.45) is 11.0 Å². The van der Waals surface area contributed by atoms with E-state index in [-0.39, 0.29) is 11.8 Å². The van der Waals surface area contributed by atoms with Crippen LogP contribution in [0, 0.1) is 5.92 Å². The second-order valence-electron chi connectivity index (χ2n) is 3.68. The average molecular weight is 216 g/mol. The van der Waals surface area contributed by atoms with Crippen LogP contribution in [0.25, 0.3) is 6.08 Å². The van der Waals surface area contributed by atoms with Gasteiger partial charge >= 0.3 is 0 Å². The molecule has 3 heteroatoms. The van der Waals surface area contributed by atoms with Crippen LogP contribution in [0.1, 0.15) is 19.4 Å². The van der Waals surface area contributed by atoms with E-state index < -0.39 is 0 Å². The normalized spacial score (nSPS) is 11.4. The topological polar surface area (TPSA) is 41.5 Å². The summed E-state index contributed by atoms with van der Waals surface area (Å²) in [5, 5.41) is 3.80. The van der Waals surface area contributed by atoms with Crippen LogP contribution >= 0.6 is 0 Å². The smallest absolute Gasteiger partial charge is 0.242 e. The molecule has 0 aromatic heterocycles. The minimum atomic E-state index is -0.0793. The first-order valence-electron chi connectivity index (χ1n) is 5.25. The van der Waals surface area contributed by atoms with Crippen molar-refractivity contribution in [2.45, 2.75) is 13.8 Å². The standard InChI is InChI=1S/C13H16N2O/c1-11(2)13(16)15-14-10-6-9-12-7-4-3-5-8-12/h3-11H,1-2H3,(H,15,16). The molecule has 1 N–H and O–H groups in total. The van der Waals surface area contributed by atoms with E-state index in [1.165, 1.54) is 0 Å². The highest BCUT2D eigenvalue weighted by Gasteiger charge is 2.02. The van der Waals surface area contributed by atoms with Crippen LogP contribution in [0.4, 0.5) is 0 Å². The van der Waals surface area contributed by atoms with Crippen LogP contribution in [0.3, 0.4) is 0 Å². The van der Waals surface area contributed by atoms with Gasteiger partial charge in [-0.25, -0.2) is 5.43 Å². The highest BCUT2D eigenvalue weighted by atomic mass is 16.2. The number of hydrazone groups is 1. The van der Waals surface area contributed by atoms with Gasteiger partial charge in [-0.1, -0.05) is 50.3 Å². The second kappa shape index (κ2) is 6.56. The molecule has 1 aromatic rings. The predicted molar refractivity (Wildman–Crippen MR) is 66.9 cm³/mol. The number of amides is 1. The van der Waals surface area contributed by atoms with Gasteiger partial charge in [0.15, 0.2) is 0 Å². The number of carbonyl (C=O) groups is 1. The minimum Gasteiger partial charge on any atom is -0.273 e. The molecule has 0 aliphatic heterocycles. The number of nitrogens with one attached hydrogen (secondary N) is 1. The van der Waals surface area contributed by atoms with Crippen LogP contribution in [0.15, 0.2) is 41.5 Å². The van der Waals surface area contributed by atoms with Crippen LogP contribution < -0.4 is 5.43 Å². The number of allylic oxidation sites excluding steroid dienone is 1. The molecule has 84 valence electrons. The van der Waals surface area contributed by atoms with E-state index in [9.17, 15) is 4.79 Å². The van der Waals surface area contributed by atoms with Gasteiger partial charge in [-0.3, -0.25) is 4.79 Å². The van der Waals surface area contributed by atoms with Crippen LogP contribution in [0.2, 0.25) is 0 Å². The Hall–Kier alpha value is -1.90. The lowest BCUT2D eigenvalue weighted by Gasteiger charge is -1.99. The summed E-state index contributed by atoms with van der Waals surface area (Å²) in [4.78, 5) is 11.1. The van der Waals surface area contributed by atoms with Crippen molar-refractivity contribution in [3.05, 3.63) is 42.0 Å². The Balaban J connectivity index is 2.37. The number of nitrogens with zero attached hydrogens (tertiary/aromatic N) is 1. The molecule has 0 atom stereocenters. The summed E-state index contributed by atoms with van der Waals surface area (Å²) in [6, 6.07) is 9.90. The van der Waals surface area contributed by atoms with Crippen molar-refractivity contribution in [3.63, 3.8) is 0 Å². The summed E-state index contributed by atoms with van der Waals surface area (Å²) in [7, 11) is 0. The summed E-state index contributed by atoms with van der Waals surface area (Å²) in [6.07, 6.45) is 5.27. The first-order chi connectivity index (χ1) is 7.70. The minimum absolute atomic E-state index is 0.0461. The fourth-order valence-corrected chi connectivity index (χ4v) is 0.991. The van der Waals surface area contributed by atoms with Crippen molar-refractivity contribution in [1.29, 1.82) is 0 Å². The third kappa shape index (κ3) is 4.55. The van der Waals surface area contributed by atoms with Gasteiger partial charge in [-0.15, -0.1) is 0 Å². The Morgan fingerprint density at radius 3 is 2.62 bits per heavy atom. The van der Waals surface area contributed by atoms with E-state index in [0.717, 1.165) is 5.56 Å². The SMILES string of the molecule is CC(C)C(=O)NN=CC=Cc1ccccc1. The summed E-state index contributed by atoms with van der Waals surface area (Å²) in [5.74, 6) is -0.125. The molecule has 0 saturated carbocycles. The average Bonchev–Trinajstić information content (AvgIpc) is 2.29. The maximum atomic E-state index is 11.1. The first-order valence-corrected chi connectivity index (χ1v) is 5.25. The van der Waals surface area contributed by atoms with Gasteiger partial charge in [0.05, 0.1) is 0 Å². The van der Waals surface area contributed by atoms with E-state index in [4.69, 9.17) is 0 Å². The largest absolute Gasteiger partial charge is 0.273 e. The fourth-order valence-electron chi connectivity index (χ4n) is 0.991. The first kappa shape index (κ1) is 12.2. The lowest BCUT2D eigenvalue weighted by atomic mass is 10.2. The number of hydrogen-bond donors (Lipinski definition) is 1. The second-order valence-corrected chi connectivity index (χ2v) is 3.68. The van der Waals surface area contributed by atoms with Gasteiger partial charge < -0.3 is 0 Å². The molecule has 0 aliphatic rings. The Labute approximate surface area is 95.9 Å². The van der Waals surface area contributed by atoms with Crippen molar-refractivity contribution >= 4 is 18.2 Å². The lowest BCUT2D eigenvalue weighted by Crippen LogP contribution is -2.22. The van der Waals surface area contributed by atoms with Gasteiger partial charge in [0.1, 0.15) is 0 Å². The number of hydrogen-bond acceptors (Lipinski definition) is 2. The Kier molecular flexibility index (Phi) is 4.99. The van der Waals surface area contributed by atoms with Crippen LogP contribution in [-0.2, 0) is 4.79 Å². The highest BCUT2D eigenvalue weighted by molar-refractivity contribution is 5.82. The monoisotopic (exact) mass is 216 g/mol. The Bertz CT molecular complexity index is 380. The lowest BCUT2D eigenvalue weighted by molar-refractivity contribution is -0.123. The zero-order valence-electron chi connectivity index (χ0n) is 9.55. The summed E-state index contributed by atoms with van der Waals surface area (Å²) < 4.78 is 0.